The van der Waals surface area contributed by atoms with Crippen LogP contribution >= 0.6 is 0 Å². The summed E-state index contributed by atoms with van der Waals surface area (Å²) < 4.78 is 0. The monoisotopic (exact) mass is 163 g/mol. The fourth-order valence-corrected chi connectivity index (χ4v) is 1.52. The Morgan fingerprint density at radius 3 is 2.92 bits per heavy atom. The Kier molecular flexibility index (Phi) is 3.78. The quantitative estimate of drug-likeness (QED) is 0.664. The highest BCUT2D eigenvalue weighted by Gasteiger charge is 2.01. The van der Waals surface area contributed by atoms with Gasteiger partial charge in [-0.15, -0.1) is 0 Å². The number of hydrogen-bond acceptors (Lipinski definition) is 1. The van der Waals surface area contributed by atoms with Crippen LogP contribution in [0.5, 0.6) is 0 Å². The van der Waals surface area contributed by atoms with Crippen molar-refractivity contribution < 1.29 is 0 Å². The normalized spacial score (nSPS) is 12.8. The van der Waals surface area contributed by atoms with Gasteiger partial charge in [-0.1, -0.05) is 32.8 Å². The Balaban J connectivity index is 2.41. The lowest BCUT2D eigenvalue weighted by atomic mass is 9.98. The first-order chi connectivity index (χ1) is 5.83. The fourth-order valence-electron chi connectivity index (χ4n) is 1.52. The molecule has 0 radical (unpaired) electrons. The van der Waals surface area contributed by atoms with E-state index in [2.05, 4.69) is 24.9 Å². The minimum Gasteiger partial charge on any atom is -0.264 e. The van der Waals surface area contributed by atoms with Gasteiger partial charge >= 0.3 is 0 Å². The van der Waals surface area contributed by atoms with Crippen molar-refractivity contribution in [3.63, 3.8) is 0 Å². The van der Waals surface area contributed by atoms with Crippen molar-refractivity contribution in [2.24, 2.45) is 5.92 Å². The van der Waals surface area contributed by atoms with Crippen LogP contribution < -0.4 is 0 Å². The topological polar surface area (TPSA) is 12.9 Å². The zero-order valence-corrected chi connectivity index (χ0v) is 7.96. The zero-order valence-electron chi connectivity index (χ0n) is 7.96. The summed E-state index contributed by atoms with van der Waals surface area (Å²) in [6, 6.07) is 4.16. The van der Waals surface area contributed by atoms with E-state index in [1.807, 2.05) is 18.5 Å². The SMILES string of the molecule is CCC[C@H](C)Cc1cccnc1. The van der Waals surface area contributed by atoms with Gasteiger partial charge < -0.3 is 0 Å². The summed E-state index contributed by atoms with van der Waals surface area (Å²) in [7, 11) is 0. The van der Waals surface area contributed by atoms with Crippen LogP contribution in [0.3, 0.4) is 0 Å². The molecule has 0 aliphatic rings. The van der Waals surface area contributed by atoms with E-state index in [0.29, 0.717) is 0 Å². The molecule has 0 unspecified atom stereocenters. The van der Waals surface area contributed by atoms with Crippen molar-refractivity contribution in [2.45, 2.75) is 33.1 Å². The van der Waals surface area contributed by atoms with Gasteiger partial charge in [-0.3, -0.25) is 4.98 Å². The third-order valence-corrected chi connectivity index (χ3v) is 2.09. The van der Waals surface area contributed by atoms with Gasteiger partial charge in [0, 0.05) is 12.4 Å². The van der Waals surface area contributed by atoms with Crippen molar-refractivity contribution in [3.8, 4) is 0 Å². The van der Waals surface area contributed by atoms with E-state index < -0.39 is 0 Å². The predicted molar refractivity (Wildman–Crippen MR) is 52.0 cm³/mol. The molecule has 0 aliphatic heterocycles. The van der Waals surface area contributed by atoms with Crippen molar-refractivity contribution in [2.75, 3.05) is 0 Å². The van der Waals surface area contributed by atoms with E-state index in [-0.39, 0.29) is 0 Å². The smallest absolute Gasteiger partial charge is 0.0299 e. The molecule has 0 saturated carbocycles. The number of rotatable bonds is 4. The van der Waals surface area contributed by atoms with Gasteiger partial charge in [-0.25, -0.2) is 0 Å². The van der Waals surface area contributed by atoms with Gasteiger partial charge in [0.15, 0.2) is 0 Å². The number of hydrogen-bond donors (Lipinski definition) is 0. The molecule has 0 saturated heterocycles. The molecule has 0 fully saturated rings. The molecular weight excluding hydrogens is 146 g/mol. The summed E-state index contributed by atoms with van der Waals surface area (Å²) in [5.41, 5.74) is 1.36. The third kappa shape index (κ3) is 3.04. The summed E-state index contributed by atoms with van der Waals surface area (Å²) in [5, 5.41) is 0. The maximum Gasteiger partial charge on any atom is 0.0299 e. The van der Waals surface area contributed by atoms with Crippen LogP contribution in [0.1, 0.15) is 32.3 Å². The standard InChI is InChI=1S/C11H17N/c1-3-5-10(2)8-11-6-4-7-12-9-11/h4,6-7,9-10H,3,5,8H2,1-2H3/t10-/m0/s1. The van der Waals surface area contributed by atoms with Gasteiger partial charge in [0.25, 0.3) is 0 Å². The summed E-state index contributed by atoms with van der Waals surface area (Å²) in [5.74, 6) is 0.791. The Morgan fingerprint density at radius 1 is 1.50 bits per heavy atom. The zero-order chi connectivity index (χ0) is 8.81. The Hall–Kier alpha value is -0.850. The molecule has 0 spiro atoms. The Labute approximate surface area is 74.8 Å². The van der Waals surface area contributed by atoms with Gasteiger partial charge in [0.2, 0.25) is 0 Å². The Morgan fingerprint density at radius 2 is 2.33 bits per heavy atom. The van der Waals surface area contributed by atoms with Crippen molar-refractivity contribution >= 4 is 0 Å². The summed E-state index contributed by atoms with van der Waals surface area (Å²) >= 11 is 0. The van der Waals surface area contributed by atoms with E-state index in [0.717, 1.165) is 5.92 Å². The third-order valence-electron chi connectivity index (χ3n) is 2.09. The molecule has 1 aromatic rings. The maximum absolute atomic E-state index is 4.10. The van der Waals surface area contributed by atoms with Crippen LogP contribution in [0.25, 0.3) is 0 Å². The van der Waals surface area contributed by atoms with Crippen LogP contribution in [-0.4, -0.2) is 4.98 Å². The lowest BCUT2D eigenvalue weighted by Crippen LogP contribution is -1.98. The average Bonchev–Trinajstić information content (AvgIpc) is 2.06. The van der Waals surface area contributed by atoms with Crippen molar-refractivity contribution in [1.29, 1.82) is 0 Å². The van der Waals surface area contributed by atoms with E-state index >= 15 is 0 Å². The summed E-state index contributed by atoms with van der Waals surface area (Å²) in [6.07, 6.45) is 7.55. The second-order valence-corrected chi connectivity index (χ2v) is 3.46. The molecule has 12 heavy (non-hydrogen) atoms. The lowest BCUT2D eigenvalue weighted by Gasteiger charge is -2.08. The van der Waals surface area contributed by atoms with Crippen LogP contribution in [0, 0.1) is 5.92 Å². The molecule has 1 aromatic heterocycles. The number of aromatic nitrogens is 1. The predicted octanol–water partition coefficient (Wildman–Crippen LogP) is 3.06. The minimum atomic E-state index is 0.791. The molecule has 66 valence electrons. The molecule has 0 bridgehead atoms. The maximum atomic E-state index is 4.10. The van der Waals surface area contributed by atoms with Crippen LogP contribution in [0.2, 0.25) is 0 Å². The van der Waals surface area contributed by atoms with E-state index in [9.17, 15) is 0 Å². The molecular formula is C11H17N. The fraction of sp³-hybridized carbons (Fsp3) is 0.545. The minimum absolute atomic E-state index is 0.791. The van der Waals surface area contributed by atoms with Crippen molar-refractivity contribution in [3.05, 3.63) is 30.1 Å². The van der Waals surface area contributed by atoms with E-state index in [4.69, 9.17) is 0 Å². The molecule has 0 aliphatic carbocycles. The molecule has 1 atom stereocenters. The van der Waals surface area contributed by atoms with Gasteiger partial charge in [0.05, 0.1) is 0 Å². The molecule has 1 nitrogen and oxygen atoms in total. The Bertz CT molecular complexity index is 206. The molecule has 0 amide bonds. The second kappa shape index (κ2) is 4.91. The highest BCUT2D eigenvalue weighted by atomic mass is 14.6. The van der Waals surface area contributed by atoms with Crippen LogP contribution in [-0.2, 0) is 6.42 Å². The van der Waals surface area contributed by atoms with Gasteiger partial charge in [-0.05, 0) is 24.0 Å². The molecule has 1 rings (SSSR count). The van der Waals surface area contributed by atoms with E-state index in [1.165, 1.54) is 24.8 Å². The highest BCUT2D eigenvalue weighted by Crippen LogP contribution is 2.11. The van der Waals surface area contributed by atoms with Crippen molar-refractivity contribution in [1.82, 2.24) is 4.98 Å². The first-order valence-electron chi connectivity index (χ1n) is 4.71. The average molecular weight is 163 g/mol. The molecule has 0 aromatic carbocycles. The number of nitrogens with zero attached hydrogens (tertiary/aromatic N) is 1. The van der Waals surface area contributed by atoms with E-state index in [1.54, 1.807) is 0 Å². The second-order valence-electron chi connectivity index (χ2n) is 3.46. The molecule has 1 heteroatoms. The first-order valence-corrected chi connectivity index (χ1v) is 4.71. The van der Waals surface area contributed by atoms with Gasteiger partial charge in [-0.2, -0.15) is 0 Å². The first kappa shape index (κ1) is 9.24. The molecule has 1 heterocycles. The van der Waals surface area contributed by atoms with Gasteiger partial charge in [0.1, 0.15) is 0 Å². The highest BCUT2D eigenvalue weighted by molar-refractivity contribution is 5.08. The lowest BCUT2D eigenvalue weighted by molar-refractivity contribution is 0.522. The largest absolute Gasteiger partial charge is 0.264 e. The van der Waals surface area contributed by atoms with Crippen LogP contribution in [0.15, 0.2) is 24.5 Å². The van der Waals surface area contributed by atoms with Crippen LogP contribution in [0.4, 0.5) is 0 Å². The summed E-state index contributed by atoms with van der Waals surface area (Å²) in [4.78, 5) is 4.10. The summed E-state index contributed by atoms with van der Waals surface area (Å²) in [6.45, 7) is 4.54. The molecule has 0 N–H and O–H groups in total. The number of pyridine rings is 1.